The van der Waals surface area contributed by atoms with Crippen LogP contribution in [0.15, 0.2) is 24.3 Å². The van der Waals surface area contributed by atoms with Gasteiger partial charge in [0.1, 0.15) is 5.75 Å². The Balaban J connectivity index is 2.63. The summed E-state index contributed by atoms with van der Waals surface area (Å²) < 4.78 is 5.64. The number of thioether (sulfide) groups is 1. The Hall–Kier alpha value is -0.670. The normalized spacial score (nSPS) is 12.7. The summed E-state index contributed by atoms with van der Waals surface area (Å²) in [6.45, 7) is 10.7. The summed E-state index contributed by atoms with van der Waals surface area (Å²) in [5.41, 5.74) is 1.36. The van der Waals surface area contributed by atoms with E-state index in [2.05, 4.69) is 57.3 Å². The molecule has 0 bridgehead atoms. The average molecular weight is 295 g/mol. The zero-order valence-electron chi connectivity index (χ0n) is 13.3. The molecule has 0 saturated heterocycles. The second-order valence-electron chi connectivity index (χ2n) is 5.31. The van der Waals surface area contributed by atoms with Crippen LogP contribution in [0.2, 0.25) is 0 Å². The predicted octanol–water partition coefficient (Wildman–Crippen LogP) is 4.66. The van der Waals surface area contributed by atoms with Crippen molar-refractivity contribution in [3.8, 4) is 5.75 Å². The molecule has 0 amide bonds. The minimum Gasteiger partial charge on any atom is -0.494 e. The summed E-state index contributed by atoms with van der Waals surface area (Å²) in [7, 11) is 0. The molecule has 20 heavy (non-hydrogen) atoms. The van der Waals surface area contributed by atoms with Crippen molar-refractivity contribution in [3.05, 3.63) is 29.8 Å². The zero-order valence-corrected chi connectivity index (χ0v) is 14.1. The van der Waals surface area contributed by atoms with E-state index in [0.717, 1.165) is 31.1 Å². The second-order valence-corrected chi connectivity index (χ2v) is 6.92. The van der Waals surface area contributed by atoms with E-state index in [0.29, 0.717) is 11.3 Å². The number of ether oxygens (including phenoxy) is 1. The molecular formula is C17H29NOS. The van der Waals surface area contributed by atoms with Gasteiger partial charge in [0.15, 0.2) is 0 Å². The third kappa shape index (κ3) is 6.67. The molecule has 114 valence electrons. The van der Waals surface area contributed by atoms with Gasteiger partial charge in [-0.15, -0.1) is 0 Å². The molecule has 0 heterocycles. The average Bonchev–Trinajstić information content (AvgIpc) is 2.46. The number of hydrogen-bond donors (Lipinski definition) is 1. The maximum atomic E-state index is 5.64. The van der Waals surface area contributed by atoms with E-state index in [9.17, 15) is 0 Å². The molecule has 0 saturated carbocycles. The molecule has 2 nitrogen and oxygen atoms in total. The summed E-state index contributed by atoms with van der Waals surface area (Å²) in [5, 5.41) is 4.32. The molecule has 1 rings (SSSR count). The van der Waals surface area contributed by atoms with E-state index < -0.39 is 0 Å². The van der Waals surface area contributed by atoms with Gasteiger partial charge in [0, 0.05) is 11.8 Å². The van der Waals surface area contributed by atoms with Crippen molar-refractivity contribution < 1.29 is 4.74 Å². The van der Waals surface area contributed by atoms with E-state index in [4.69, 9.17) is 4.74 Å². The van der Waals surface area contributed by atoms with Crippen LogP contribution in [0.5, 0.6) is 5.75 Å². The fraction of sp³-hybridized carbons (Fsp3) is 0.647. The van der Waals surface area contributed by atoms with Gasteiger partial charge in [-0.25, -0.2) is 0 Å². The lowest BCUT2D eigenvalue weighted by molar-refractivity contribution is 0.317. The van der Waals surface area contributed by atoms with Gasteiger partial charge in [0.2, 0.25) is 0 Å². The maximum Gasteiger partial charge on any atom is 0.119 e. The van der Waals surface area contributed by atoms with Gasteiger partial charge in [-0.3, -0.25) is 0 Å². The highest BCUT2D eigenvalue weighted by Gasteiger charge is 2.11. The van der Waals surface area contributed by atoms with Gasteiger partial charge in [0.25, 0.3) is 0 Å². The molecule has 0 aliphatic rings. The standard InChI is InChI=1S/C17H29NOS/c1-5-11-18-17(13-20-14(3)4)15-7-9-16(10-8-15)19-12-6-2/h7-10,14,17-18H,5-6,11-13H2,1-4H3. The molecule has 1 aromatic rings. The summed E-state index contributed by atoms with van der Waals surface area (Å²) in [4.78, 5) is 0. The topological polar surface area (TPSA) is 21.3 Å². The molecule has 1 N–H and O–H groups in total. The van der Waals surface area contributed by atoms with Crippen LogP contribution in [0.1, 0.15) is 52.1 Å². The fourth-order valence-corrected chi connectivity index (χ4v) is 2.78. The molecular weight excluding hydrogens is 266 g/mol. The molecule has 1 aromatic carbocycles. The van der Waals surface area contributed by atoms with Crippen LogP contribution in [0.25, 0.3) is 0 Å². The first-order valence-corrected chi connectivity index (χ1v) is 8.80. The van der Waals surface area contributed by atoms with Crippen LogP contribution in [0.4, 0.5) is 0 Å². The van der Waals surface area contributed by atoms with Gasteiger partial charge < -0.3 is 10.1 Å². The summed E-state index contributed by atoms with van der Waals surface area (Å²) >= 11 is 2.01. The first-order chi connectivity index (χ1) is 9.67. The Labute approximate surface area is 128 Å². The first-order valence-electron chi connectivity index (χ1n) is 7.75. The van der Waals surface area contributed by atoms with Crippen molar-refractivity contribution in [1.29, 1.82) is 0 Å². The molecule has 0 aliphatic carbocycles. The quantitative estimate of drug-likeness (QED) is 0.678. The minimum absolute atomic E-state index is 0.433. The summed E-state index contributed by atoms with van der Waals surface area (Å²) in [6.07, 6.45) is 2.22. The molecule has 1 unspecified atom stereocenters. The highest BCUT2D eigenvalue weighted by Crippen LogP contribution is 2.23. The van der Waals surface area contributed by atoms with E-state index >= 15 is 0 Å². The van der Waals surface area contributed by atoms with Crippen molar-refractivity contribution in [3.63, 3.8) is 0 Å². The van der Waals surface area contributed by atoms with Crippen LogP contribution >= 0.6 is 11.8 Å². The van der Waals surface area contributed by atoms with Crippen LogP contribution < -0.4 is 10.1 Å². The van der Waals surface area contributed by atoms with Crippen LogP contribution in [0.3, 0.4) is 0 Å². The monoisotopic (exact) mass is 295 g/mol. The van der Waals surface area contributed by atoms with Crippen molar-refractivity contribution in [2.24, 2.45) is 0 Å². The number of benzene rings is 1. The minimum atomic E-state index is 0.433. The van der Waals surface area contributed by atoms with Gasteiger partial charge in [-0.1, -0.05) is 39.8 Å². The Morgan fingerprint density at radius 2 is 1.80 bits per heavy atom. The second kappa shape index (κ2) is 10.1. The van der Waals surface area contributed by atoms with Crippen molar-refractivity contribution in [2.45, 2.75) is 51.8 Å². The summed E-state index contributed by atoms with van der Waals surface area (Å²) in [6, 6.07) is 9.00. The third-order valence-corrected chi connectivity index (χ3v) is 4.18. The van der Waals surface area contributed by atoms with Crippen molar-refractivity contribution in [1.82, 2.24) is 5.32 Å². The molecule has 0 aliphatic heterocycles. The van der Waals surface area contributed by atoms with Crippen molar-refractivity contribution in [2.75, 3.05) is 18.9 Å². The van der Waals surface area contributed by atoms with E-state index in [1.165, 1.54) is 12.0 Å². The molecule has 0 fully saturated rings. The number of rotatable bonds is 10. The van der Waals surface area contributed by atoms with Crippen molar-refractivity contribution >= 4 is 11.8 Å². The lowest BCUT2D eigenvalue weighted by Gasteiger charge is -2.20. The highest BCUT2D eigenvalue weighted by atomic mass is 32.2. The van der Waals surface area contributed by atoms with Gasteiger partial charge in [-0.2, -0.15) is 11.8 Å². The van der Waals surface area contributed by atoms with Crippen LogP contribution in [-0.4, -0.2) is 24.2 Å². The van der Waals surface area contributed by atoms with E-state index in [1.54, 1.807) is 0 Å². The van der Waals surface area contributed by atoms with E-state index in [-0.39, 0.29) is 0 Å². The van der Waals surface area contributed by atoms with Gasteiger partial charge >= 0.3 is 0 Å². The first kappa shape index (κ1) is 17.4. The van der Waals surface area contributed by atoms with Crippen LogP contribution in [-0.2, 0) is 0 Å². The largest absolute Gasteiger partial charge is 0.494 e. The van der Waals surface area contributed by atoms with Gasteiger partial charge in [-0.05, 0) is 42.3 Å². The van der Waals surface area contributed by atoms with Crippen LogP contribution in [0, 0.1) is 0 Å². The smallest absolute Gasteiger partial charge is 0.119 e. The summed E-state index contributed by atoms with van der Waals surface area (Å²) in [5.74, 6) is 2.09. The highest BCUT2D eigenvalue weighted by molar-refractivity contribution is 7.99. The Bertz CT molecular complexity index is 351. The molecule has 0 aromatic heterocycles. The Morgan fingerprint density at radius 3 is 2.35 bits per heavy atom. The Kier molecular flexibility index (Phi) is 8.79. The predicted molar refractivity (Wildman–Crippen MR) is 90.9 cm³/mol. The molecule has 0 spiro atoms. The number of nitrogens with one attached hydrogen (secondary N) is 1. The van der Waals surface area contributed by atoms with Gasteiger partial charge in [0.05, 0.1) is 6.61 Å². The zero-order chi connectivity index (χ0) is 14.8. The fourth-order valence-electron chi connectivity index (χ4n) is 1.90. The Morgan fingerprint density at radius 1 is 1.10 bits per heavy atom. The molecule has 3 heteroatoms. The SMILES string of the molecule is CCCNC(CSC(C)C)c1ccc(OCCC)cc1. The third-order valence-electron chi connectivity index (χ3n) is 2.99. The lowest BCUT2D eigenvalue weighted by atomic mass is 10.1. The molecule has 0 radical (unpaired) electrons. The lowest BCUT2D eigenvalue weighted by Crippen LogP contribution is -2.24. The maximum absolute atomic E-state index is 5.64. The van der Waals surface area contributed by atoms with E-state index in [1.807, 2.05) is 11.8 Å². The number of hydrogen-bond acceptors (Lipinski definition) is 3. The molecule has 1 atom stereocenters.